The highest BCUT2D eigenvalue weighted by molar-refractivity contribution is 5.78. The molecule has 1 saturated carbocycles. The summed E-state index contributed by atoms with van der Waals surface area (Å²) in [5, 5.41) is 5.63. The lowest BCUT2D eigenvalue weighted by Gasteiger charge is -2.26. The highest BCUT2D eigenvalue weighted by Crippen LogP contribution is 2.18. The molecule has 1 saturated heterocycles. The SMILES string of the molecule is O=C(CCNC(=O)N1CCOCC1)NC1CC1. The molecule has 2 fully saturated rings. The van der Waals surface area contributed by atoms with Gasteiger partial charge in [-0.15, -0.1) is 0 Å². The van der Waals surface area contributed by atoms with E-state index in [2.05, 4.69) is 10.6 Å². The molecule has 0 atom stereocenters. The smallest absolute Gasteiger partial charge is 0.317 e. The maximum atomic E-state index is 11.6. The van der Waals surface area contributed by atoms with Gasteiger partial charge in [-0.05, 0) is 12.8 Å². The maximum absolute atomic E-state index is 11.6. The second-order valence-electron chi connectivity index (χ2n) is 4.42. The number of carbonyl (C=O) groups excluding carboxylic acids is 2. The van der Waals surface area contributed by atoms with Crippen LogP contribution in [-0.2, 0) is 9.53 Å². The van der Waals surface area contributed by atoms with Crippen LogP contribution in [0.1, 0.15) is 19.3 Å². The Kier molecular flexibility index (Phi) is 4.19. The number of nitrogens with zero attached hydrogens (tertiary/aromatic N) is 1. The van der Waals surface area contributed by atoms with Crippen molar-refractivity contribution in [3.05, 3.63) is 0 Å². The fraction of sp³-hybridized carbons (Fsp3) is 0.818. The molecule has 0 radical (unpaired) electrons. The largest absolute Gasteiger partial charge is 0.378 e. The first kappa shape index (κ1) is 12.2. The molecule has 3 amide bonds. The zero-order chi connectivity index (χ0) is 12.1. The first-order valence-corrected chi connectivity index (χ1v) is 6.15. The highest BCUT2D eigenvalue weighted by Gasteiger charge is 2.23. The third-order valence-electron chi connectivity index (χ3n) is 2.87. The van der Waals surface area contributed by atoms with Gasteiger partial charge in [-0.2, -0.15) is 0 Å². The van der Waals surface area contributed by atoms with Gasteiger partial charge >= 0.3 is 6.03 Å². The van der Waals surface area contributed by atoms with Crippen LogP contribution in [0.3, 0.4) is 0 Å². The van der Waals surface area contributed by atoms with E-state index in [-0.39, 0.29) is 11.9 Å². The first-order valence-electron chi connectivity index (χ1n) is 6.15. The molecular formula is C11H19N3O3. The molecular weight excluding hydrogens is 222 g/mol. The van der Waals surface area contributed by atoms with Crippen molar-refractivity contribution in [2.45, 2.75) is 25.3 Å². The van der Waals surface area contributed by atoms with Crippen LogP contribution in [-0.4, -0.2) is 55.7 Å². The van der Waals surface area contributed by atoms with E-state index in [1.807, 2.05) is 0 Å². The molecule has 2 N–H and O–H groups in total. The molecule has 6 nitrogen and oxygen atoms in total. The molecule has 0 unspecified atom stereocenters. The summed E-state index contributed by atoms with van der Waals surface area (Å²) in [6.45, 7) is 2.83. The van der Waals surface area contributed by atoms with E-state index in [1.165, 1.54) is 0 Å². The molecule has 1 aliphatic heterocycles. The Hall–Kier alpha value is -1.30. The Balaban J connectivity index is 1.56. The summed E-state index contributed by atoms with van der Waals surface area (Å²) in [4.78, 5) is 24.7. The Morgan fingerprint density at radius 3 is 2.59 bits per heavy atom. The number of hydrogen-bond donors (Lipinski definition) is 2. The van der Waals surface area contributed by atoms with Crippen molar-refractivity contribution in [2.24, 2.45) is 0 Å². The van der Waals surface area contributed by atoms with Gasteiger partial charge < -0.3 is 20.3 Å². The normalized spacial score (nSPS) is 19.9. The van der Waals surface area contributed by atoms with Crippen molar-refractivity contribution in [3.8, 4) is 0 Å². The lowest BCUT2D eigenvalue weighted by Crippen LogP contribution is -2.46. The summed E-state index contributed by atoms with van der Waals surface area (Å²) < 4.78 is 5.16. The second-order valence-corrected chi connectivity index (χ2v) is 4.42. The molecule has 17 heavy (non-hydrogen) atoms. The van der Waals surface area contributed by atoms with Crippen molar-refractivity contribution in [1.29, 1.82) is 0 Å². The van der Waals surface area contributed by atoms with Crippen LogP contribution in [0, 0.1) is 0 Å². The summed E-state index contributed by atoms with van der Waals surface area (Å²) in [5.41, 5.74) is 0. The Morgan fingerprint density at radius 2 is 1.94 bits per heavy atom. The van der Waals surface area contributed by atoms with Crippen LogP contribution in [0.15, 0.2) is 0 Å². The van der Waals surface area contributed by atoms with Crippen molar-refractivity contribution in [1.82, 2.24) is 15.5 Å². The fourth-order valence-electron chi connectivity index (χ4n) is 1.69. The van der Waals surface area contributed by atoms with Crippen LogP contribution >= 0.6 is 0 Å². The molecule has 0 bridgehead atoms. The van der Waals surface area contributed by atoms with Gasteiger partial charge in [-0.1, -0.05) is 0 Å². The average molecular weight is 241 g/mol. The molecule has 96 valence electrons. The molecule has 1 heterocycles. The van der Waals surface area contributed by atoms with Gasteiger partial charge in [0, 0.05) is 32.1 Å². The number of amides is 3. The molecule has 2 rings (SSSR count). The number of nitrogens with one attached hydrogen (secondary N) is 2. The lowest BCUT2D eigenvalue weighted by atomic mass is 10.4. The summed E-state index contributed by atoms with van der Waals surface area (Å²) in [5.74, 6) is 0.0229. The van der Waals surface area contributed by atoms with E-state index in [9.17, 15) is 9.59 Å². The van der Waals surface area contributed by atoms with Crippen LogP contribution in [0.5, 0.6) is 0 Å². The molecule has 0 aromatic carbocycles. The Labute approximate surface area is 101 Å². The zero-order valence-corrected chi connectivity index (χ0v) is 9.91. The number of urea groups is 1. The van der Waals surface area contributed by atoms with Crippen molar-refractivity contribution < 1.29 is 14.3 Å². The Bertz CT molecular complexity index is 286. The molecule has 6 heteroatoms. The second kappa shape index (κ2) is 5.86. The summed E-state index contributed by atoms with van der Waals surface area (Å²) in [6, 6.07) is 0.282. The monoisotopic (exact) mass is 241 g/mol. The lowest BCUT2D eigenvalue weighted by molar-refractivity contribution is -0.121. The summed E-state index contributed by atoms with van der Waals surface area (Å²) in [7, 11) is 0. The van der Waals surface area contributed by atoms with Crippen molar-refractivity contribution >= 4 is 11.9 Å². The maximum Gasteiger partial charge on any atom is 0.317 e. The van der Waals surface area contributed by atoms with Gasteiger partial charge in [0.05, 0.1) is 13.2 Å². The minimum atomic E-state index is -0.104. The van der Waals surface area contributed by atoms with Gasteiger partial charge in [0.2, 0.25) is 5.91 Å². The minimum absolute atomic E-state index is 0.0229. The van der Waals surface area contributed by atoms with Crippen molar-refractivity contribution in [2.75, 3.05) is 32.8 Å². The number of rotatable bonds is 4. The third kappa shape index (κ3) is 4.22. The number of morpholine rings is 1. The minimum Gasteiger partial charge on any atom is -0.378 e. The van der Waals surface area contributed by atoms with Crippen LogP contribution < -0.4 is 10.6 Å². The van der Waals surface area contributed by atoms with Gasteiger partial charge in [-0.25, -0.2) is 4.79 Å². The standard InChI is InChI=1S/C11H19N3O3/c15-10(13-9-1-2-9)3-4-12-11(16)14-5-7-17-8-6-14/h9H,1-8H2,(H,12,16)(H,13,15). The van der Waals surface area contributed by atoms with E-state index in [1.54, 1.807) is 4.90 Å². The first-order chi connectivity index (χ1) is 8.25. The Morgan fingerprint density at radius 1 is 1.24 bits per heavy atom. The zero-order valence-electron chi connectivity index (χ0n) is 9.91. The van der Waals surface area contributed by atoms with Crippen LogP contribution in [0.2, 0.25) is 0 Å². The highest BCUT2D eigenvalue weighted by atomic mass is 16.5. The topological polar surface area (TPSA) is 70.7 Å². The van der Waals surface area contributed by atoms with Gasteiger partial charge in [0.15, 0.2) is 0 Å². The quantitative estimate of drug-likeness (QED) is 0.709. The predicted octanol–water partition coefficient (Wildman–Crippen LogP) is -0.303. The van der Waals surface area contributed by atoms with Crippen molar-refractivity contribution in [3.63, 3.8) is 0 Å². The number of carbonyl (C=O) groups is 2. The predicted molar refractivity (Wildman–Crippen MR) is 61.6 cm³/mol. The number of hydrogen-bond acceptors (Lipinski definition) is 3. The average Bonchev–Trinajstić information content (AvgIpc) is 3.14. The molecule has 0 aromatic rings. The van der Waals surface area contributed by atoms with E-state index in [0.29, 0.717) is 45.3 Å². The van der Waals surface area contributed by atoms with Gasteiger partial charge in [-0.3, -0.25) is 4.79 Å². The number of ether oxygens (including phenoxy) is 1. The van der Waals surface area contributed by atoms with E-state index in [4.69, 9.17) is 4.74 Å². The summed E-state index contributed by atoms with van der Waals surface area (Å²) in [6.07, 6.45) is 2.53. The summed E-state index contributed by atoms with van der Waals surface area (Å²) >= 11 is 0. The van der Waals surface area contributed by atoms with Crippen LogP contribution in [0.25, 0.3) is 0 Å². The third-order valence-corrected chi connectivity index (χ3v) is 2.87. The molecule has 0 spiro atoms. The molecule has 2 aliphatic rings. The van der Waals surface area contributed by atoms with Gasteiger partial charge in [0.25, 0.3) is 0 Å². The van der Waals surface area contributed by atoms with E-state index < -0.39 is 0 Å². The van der Waals surface area contributed by atoms with Crippen LogP contribution in [0.4, 0.5) is 4.79 Å². The van der Waals surface area contributed by atoms with Gasteiger partial charge in [0.1, 0.15) is 0 Å². The molecule has 0 aromatic heterocycles. The fourth-order valence-corrected chi connectivity index (χ4v) is 1.69. The van der Waals surface area contributed by atoms with E-state index in [0.717, 1.165) is 12.8 Å². The van der Waals surface area contributed by atoms with E-state index >= 15 is 0 Å². The molecule has 1 aliphatic carbocycles.